The number of fused-ring (bicyclic) bond motifs is 4. The smallest absolute Gasteiger partial charge is 0.404 e. The molecule has 0 bridgehead atoms. The Morgan fingerprint density at radius 1 is 1.38 bits per heavy atom. The van der Waals surface area contributed by atoms with Gasteiger partial charge in [-0.1, -0.05) is 0 Å². The molecule has 26 heavy (non-hydrogen) atoms. The molecule has 0 saturated carbocycles. The Balaban J connectivity index is 1.82. The zero-order valence-corrected chi connectivity index (χ0v) is 14.8. The van der Waals surface area contributed by atoms with Gasteiger partial charge in [0.15, 0.2) is 11.5 Å². The predicted octanol–water partition coefficient (Wildman–Crippen LogP) is -0.573. The first-order valence-electron chi connectivity index (χ1n) is 8.56. The molecule has 0 radical (unpaired) electrons. The highest BCUT2D eigenvalue weighted by atomic mass is 16.6. The van der Waals surface area contributed by atoms with Crippen molar-refractivity contribution in [2.75, 3.05) is 26.9 Å². The van der Waals surface area contributed by atoms with Crippen LogP contribution in [0.3, 0.4) is 0 Å². The van der Waals surface area contributed by atoms with Crippen molar-refractivity contribution in [1.82, 2.24) is 10.2 Å². The molecule has 2 fully saturated rings. The first-order chi connectivity index (χ1) is 12.4. The van der Waals surface area contributed by atoms with Crippen LogP contribution in [0.15, 0.2) is 22.6 Å². The number of allylic oxidation sites excluding steroid dienone is 2. The minimum absolute atomic E-state index is 0.0491. The maximum Gasteiger partial charge on any atom is 0.404 e. The average Bonchev–Trinajstić information content (AvgIpc) is 3.21. The summed E-state index contributed by atoms with van der Waals surface area (Å²) in [5, 5.41) is 3.30. The number of ketones is 2. The van der Waals surface area contributed by atoms with E-state index in [-0.39, 0.29) is 53.8 Å². The van der Waals surface area contributed by atoms with Gasteiger partial charge in [0.25, 0.3) is 0 Å². The summed E-state index contributed by atoms with van der Waals surface area (Å²) in [5.74, 6) is -1.21. The standard InChI is InChI=1S/C17H21N3O6/c1-4-25-14-7(2)12(21)11-10(13(14)22)8(6-26-16(18)23)17(24-3)15-9(19-15)5-20(11)17/h8-9,15,19H,4-6H2,1-3H3,(H2,18,23)/t8?,9?,15?,17-/m1/s1. The Morgan fingerprint density at radius 3 is 2.73 bits per heavy atom. The summed E-state index contributed by atoms with van der Waals surface area (Å²) >= 11 is 0. The first-order valence-corrected chi connectivity index (χ1v) is 8.56. The lowest BCUT2D eigenvalue weighted by molar-refractivity contribution is -0.137. The van der Waals surface area contributed by atoms with Crippen molar-refractivity contribution in [2.45, 2.75) is 31.7 Å². The molecule has 0 aromatic rings. The van der Waals surface area contributed by atoms with Gasteiger partial charge in [-0.3, -0.25) is 9.59 Å². The van der Waals surface area contributed by atoms with Crippen molar-refractivity contribution in [2.24, 2.45) is 11.7 Å². The van der Waals surface area contributed by atoms with Crippen LogP contribution in [-0.2, 0) is 23.8 Å². The molecule has 0 aromatic carbocycles. The summed E-state index contributed by atoms with van der Waals surface area (Å²) in [4.78, 5) is 39.2. The topological polar surface area (TPSA) is 130 Å². The van der Waals surface area contributed by atoms with Crippen LogP contribution < -0.4 is 11.1 Å². The highest BCUT2D eigenvalue weighted by molar-refractivity contribution is 6.25. The second-order valence-corrected chi connectivity index (χ2v) is 6.81. The molecular formula is C17H21N3O6. The third-order valence-corrected chi connectivity index (χ3v) is 5.66. The first kappa shape index (κ1) is 17.0. The van der Waals surface area contributed by atoms with Gasteiger partial charge < -0.3 is 30.2 Å². The molecule has 9 nitrogen and oxygen atoms in total. The van der Waals surface area contributed by atoms with E-state index < -0.39 is 17.7 Å². The molecule has 3 N–H and O–H groups in total. The van der Waals surface area contributed by atoms with Crippen molar-refractivity contribution >= 4 is 17.7 Å². The summed E-state index contributed by atoms with van der Waals surface area (Å²) in [6.07, 6.45) is -0.943. The van der Waals surface area contributed by atoms with E-state index in [1.165, 1.54) is 7.11 Å². The zero-order valence-electron chi connectivity index (χ0n) is 14.8. The number of methoxy groups -OCH3 is 1. The largest absolute Gasteiger partial charge is 0.489 e. The number of nitrogens with two attached hydrogens (primary N) is 1. The Labute approximate surface area is 150 Å². The lowest BCUT2D eigenvalue weighted by atomic mass is 9.83. The fourth-order valence-corrected chi connectivity index (χ4v) is 4.59. The van der Waals surface area contributed by atoms with Gasteiger partial charge in [-0.2, -0.15) is 0 Å². The summed E-state index contributed by atoms with van der Waals surface area (Å²) in [7, 11) is 1.53. The molecule has 2 saturated heterocycles. The van der Waals surface area contributed by atoms with E-state index in [1.807, 2.05) is 4.90 Å². The summed E-state index contributed by atoms with van der Waals surface area (Å²) < 4.78 is 16.4. The van der Waals surface area contributed by atoms with Crippen LogP contribution in [-0.4, -0.2) is 67.2 Å². The molecule has 3 heterocycles. The van der Waals surface area contributed by atoms with Gasteiger partial charge >= 0.3 is 6.09 Å². The Morgan fingerprint density at radius 2 is 2.12 bits per heavy atom. The van der Waals surface area contributed by atoms with Crippen molar-refractivity contribution in [3.63, 3.8) is 0 Å². The number of hydrogen-bond acceptors (Lipinski definition) is 8. The molecule has 1 amide bonds. The SMILES string of the molecule is CCOC1=C(C)C(=O)C2=C(C1=O)C(COC(N)=O)[C@@]1(OC)C3NC3CN21. The second-order valence-electron chi connectivity index (χ2n) is 6.81. The van der Waals surface area contributed by atoms with E-state index >= 15 is 0 Å². The minimum atomic E-state index is -0.960. The normalized spacial score (nSPS) is 34.7. The number of Topliss-reactive ketones (excluding diaryl/α,β-unsaturated/α-hetero) is 2. The molecule has 4 rings (SSSR count). The van der Waals surface area contributed by atoms with Crippen molar-refractivity contribution in [1.29, 1.82) is 0 Å². The highest BCUT2D eigenvalue weighted by Gasteiger charge is 2.72. The fourth-order valence-electron chi connectivity index (χ4n) is 4.59. The van der Waals surface area contributed by atoms with Crippen LogP contribution in [0, 0.1) is 5.92 Å². The molecule has 9 heteroatoms. The average molecular weight is 363 g/mol. The molecule has 1 aliphatic carbocycles. The van der Waals surface area contributed by atoms with E-state index in [0.29, 0.717) is 12.2 Å². The number of amides is 1. The number of piperazine rings is 1. The van der Waals surface area contributed by atoms with E-state index in [1.54, 1.807) is 13.8 Å². The predicted molar refractivity (Wildman–Crippen MR) is 87.5 cm³/mol. The fraction of sp³-hybridized carbons (Fsp3) is 0.588. The lowest BCUT2D eigenvalue weighted by Crippen LogP contribution is -2.55. The van der Waals surface area contributed by atoms with E-state index in [4.69, 9.17) is 19.9 Å². The van der Waals surface area contributed by atoms with E-state index in [9.17, 15) is 14.4 Å². The highest BCUT2D eigenvalue weighted by Crippen LogP contribution is 2.55. The second kappa shape index (κ2) is 5.55. The van der Waals surface area contributed by atoms with Crippen LogP contribution in [0.1, 0.15) is 13.8 Å². The number of hydrogen-bond donors (Lipinski definition) is 2. The molecule has 4 atom stereocenters. The number of nitrogens with one attached hydrogen (secondary N) is 1. The molecule has 0 aromatic heterocycles. The summed E-state index contributed by atoms with van der Waals surface area (Å²) in [6.45, 7) is 3.99. The molecule has 4 aliphatic rings. The third kappa shape index (κ3) is 1.95. The molecule has 3 aliphatic heterocycles. The van der Waals surface area contributed by atoms with Gasteiger partial charge in [0.1, 0.15) is 6.61 Å². The van der Waals surface area contributed by atoms with Crippen LogP contribution in [0.2, 0.25) is 0 Å². The summed E-state index contributed by atoms with van der Waals surface area (Å²) in [6, 6.07) is 0.108. The van der Waals surface area contributed by atoms with Crippen molar-refractivity contribution in [3.8, 4) is 0 Å². The van der Waals surface area contributed by atoms with E-state index in [2.05, 4.69) is 5.32 Å². The molecular weight excluding hydrogens is 342 g/mol. The number of primary amides is 1. The zero-order chi connectivity index (χ0) is 18.8. The van der Waals surface area contributed by atoms with Crippen molar-refractivity contribution < 1.29 is 28.6 Å². The molecule has 140 valence electrons. The molecule has 3 unspecified atom stereocenters. The lowest BCUT2D eigenvalue weighted by Gasteiger charge is -2.39. The number of carbonyl (C=O) groups is 3. The number of carbonyl (C=O) groups excluding carboxylic acids is 3. The maximum atomic E-state index is 13.2. The third-order valence-electron chi connectivity index (χ3n) is 5.66. The maximum absolute atomic E-state index is 13.2. The quantitative estimate of drug-likeness (QED) is 0.490. The van der Waals surface area contributed by atoms with Gasteiger partial charge in [0, 0.05) is 30.8 Å². The van der Waals surface area contributed by atoms with Gasteiger partial charge in [0.05, 0.1) is 24.3 Å². The van der Waals surface area contributed by atoms with Gasteiger partial charge in [0.2, 0.25) is 11.6 Å². The number of rotatable bonds is 5. The van der Waals surface area contributed by atoms with Crippen LogP contribution in [0.25, 0.3) is 0 Å². The van der Waals surface area contributed by atoms with Crippen LogP contribution >= 0.6 is 0 Å². The van der Waals surface area contributed by atoms with Crippen LogP contribution in [0.5, 0.6) is 0 Å². The Hall–Kier alpha value is -2.39. The van der Waals surface area contributed by atoms with Gasteiger partial charge in [-0.15, -0.1) is 0 Å². The number of ether oxygens (including phenoxy) is 3. The minimum Gasteiger partial charge on any atom is -0.489 e. The number of nitrogens with zero attached hydrogens (tertiary/aromatic N) is 1. The van der Waals surface area contributed by atoms with Gasteiger partial charge in [-0.05, 0) is 13.8 Å². The Kier molecular flexibility index (Phi) is 3.64. The Bertz CT molecular complexity index is 787. The summed E-state index contributed by atoms with van der Waals surface area (Å²) in [5.41, 5.74) is 5.06. The van der Waals surface area contributed by atoms with Crippen molar-refractivity contribution in [3.05, 3.63) is 22.6 Å². The molecule has 0 spiro atoms. The monoisotopic (exact) mass is 363 g/mol. The van der Waals surface area contributed by atoms with E-state index in [0.717, 1.165) is 0 Å². The van der Waals surface area contributed by atoms with Crippen LogP contribution in [0.4, 0.5) is 4.79 Å². The van der Waals surface area contributed by atoms with Gasteiger partial charge in [-0.25, -0.2) is 4.79 Å².